The number of hydrogen-bond donors (Lipinski definition) is 1. The summed E-state index contributed by atoms with van der Waals surface area (Å²) in [6, 6.07) is 9.79. The fraction of sp³-hybridized carbons (Fsp3) is 0.632. The predicted octanol–water partition coefficient (Wildman–Crippen LogP) is 4.23. The number of likely N-dealkylation sites (tertiary alicyclic amines) is 1. The summed E-state index contributed by atoms with van der Waals surface area (Å²) in [5, 5.41) is 3.24. The highest BCUT2D eigenvalue weighted by molar-refractivity contribution is 5.80. The molecule has 26 heavy (non-hydrogen) atoms. The number of hydrogen-bond acceptors (Lipinski definition) is 2. The Labute approximate surface area is 153 Å². The van der Waals surface area contributed by atoms with Gasteiger partial charge in [-0.15, -0.1) is 0 Å². The number of ether oxygens (including phenoxy) is 1. The molecule has 0 saturated carbocycles. The Bertz CT molecular complexity index is 541. The molecule has 7 heteroatoms. The van der Waals surface area contributed by atoms with E-state index in [0.29, 0.717) is 13.0 Å². The van der Waals surface area contributed by atoms with E-state index in [-0.39, 0.29) is 12.5 Å². The number of guanidine groups is 1. The second-order valence-electron chi connectivity index (χ2n) is 6.43. The van der Waals surface area contributed by atoms with Crippen LogP contribution in [0.15, 0.2) is 35.3 Å². The Morgan fingerprint density at radius 2 is 1.88 bits per heavy atom. The summed E-state index contributed by atoms with van der Waals surface area (Å²) in [6.45, 7) is 4.79. The van der Waals surface area contributed by atoms with Crippen molar-refractivity contribution in [2.45, 2.75) is 51.3 Å². The van der Waals surface area contributed by atoms with E-state index >= 15 is 0 Å². The van der Waals surface area contributed by atoms with Gasteiger partial charge in [-0.3, -0.25) is 4.99 Å². The van der Waals surface area contributed by atoms with E-state index < -0.39 is 12.6 Å². The molecule has 0 atom stereocenters. The average molecular weight is 371 g/mol. The molecule has 4 nitrogen and oxygen atoms in total. The van der Waals surface area contributed by atoms with Crippen LogP contribution in [0.2, 0.25) is 0 Å². The number of nitrogens with one attached hydrogen (secondary N) is 1. The first-order valence-electron chi connectivity index (χ1n) is 9.29. The molecule has 0 aromatic heterocycles. The third-order valence-electron chi connectivity index (χ3n) is 4.25. The maximum Gasteiger partial charge on any atom is 0.389 e. The lowest BCUT2D eigenvalue weighted by Gasteiger charge is -2.34. The largest absolute Gasteiger partial charge is 0.490 e. The highest BCUT2D eigenvalue weighted by Gasteiger charge is 2.26. The molecule has 0 bridgehead atoms. The van der Waals surface area contributed by atoms with Crippen LogP contribution in [0.4, 0.5) is 13.2 Å². The summed E-state index contributed by atoms with van der Waals surface area (Å²) in [7, 11) is 0. The summed E-state index contributed by atoms with van der Waals surface area (Å²) in [4.78, 5) is 6.65. The Hall–Kier alpha value is -1.92. The molecule has 1 heterocycles. The quantitative estimate of drug-likeness (QED) is 0.443. The van der Waals surface area contributed by atoms with Gasteiger partial charge in [-0.25, -0.2) is 0 Å². The number of unbranched alkanes of at least 4 members (excludes halogenated alkanes) is 1. The maximum atomic E-state index is 12.2. The molecule has 1 saturated heterocycles. The van der Waals surface area contributed by atoms with Gasteiger partial charge in [0.2, 0.25) is 0 Å². The summed E-state index contributed by atoms with van der Waals surface area (Å²) >= 11 is 0. The van der Waals surface area contributed by atoms with Gasteiger partial charge in [-0.2, -0.15) is 13.2 Å². The van der Waals surface area contributed by atoms with Crippen molar-refractivity contribution in [1.29, 1.82) is 0 Å². The molecule has 0 amide bonds. The molecule has 1 aromatic rings. The lowest BCUT2D eigenvalue weighted by atomic mass is 10.1. The topological polar surface area (TPSA) is 36.9 Å². The summed E-state index contributed by atoms with van der Waals surface area (Å²) < 4.78 is 42.5. The Kier molecular flexibility index (Phi) is 8.06. The van der Waals surface area contributed by atoms with Gasteiger partial charge in [-0.05, 0) is 31.9 Å². The van der Waals surface area contributed by atoms with Crippen molar-refractivity contribution in [2.75, 3.05) is 26.2 Å². The predicted molar refractivity (Wildman–Crippen MR) is 97.5 cm³/mol. The minimum Gasteiger partial charge on any atom is -0.490 e. The normalized spacial score (nSPS) is 16.6. The van der Waals surface area contributed by atoms with Gasteiger partial charge in [0.25, 0.3) is 0 Å². The van der Waals surface area contributed by atoms with Crippen LogP contribution in [0.3, 0.4) is 0 Å². The van der Waals surface area contributed by atoms with Crippen LogP contribution in [0, 0.1) is 0 Å². The fourth-order valence-electron chi connectivity index (χ4n) is 2.92. The second-order valence-corrected chi connectivity index (χ2v) is 6.43. The van der Waals surface area contributed by atoms with E-state index in [9.17, 15) is 13.2 Å². The lowest BCUT2D eigenvalue weighted by molar-refractivity contribution is -0.135. The molecule has 0 spiro atoms. The van der Waals surface area contributed by atoms with Crippen molar-refractivity contribution in [2.24, 2.45) is 4.99 Å². The molecule has 146 valence electrons. The first-order chi connectivity index (χ1) is 12.5. The molecule has 1 fully saturated rings. The molecular weight excluding hydrogens is 343 g/mol. The third kappa shape index (κ3) is 7.54. The van der Waals surface area contributed by atoms with Crippen LogP contribution in [0.5, 0.6) is 5.75 Å². The highest BCUT2D eigenvalue weighted by Crippen LogP contribution is 2.22. The molecule has 1 aliphatic heterocycles. The number of alkyl halides is 3. The van der Waals surface area contributed by atoms with Gasteiger partial charge >= 0.3 is 6.18 Å². The van der Waals surface area contributed by atoms with Crippen LogP contribution in [0.1, 0.15) is 39.0 Å². The minimum atomic E-state index is -4.07. The van der Waals surface area contributed by atoms with Gasteiger partial charge in [0.1, 0.15) is 11.9 Å². The van der Waals surface area contributed by atoms with Gasteiger partial charge in [0, 0.05) is 45.4 Å². The van der Waals surface area contributed by atoms with Gasteiger partial charge < -0.3 is 15.0 Å². The second kappa shape index (κ2) is 10.3. The summed E-state index contributed by atoms with van der Waals surface area (Å²) in [5.41, 5.74) is 0. The standard InChI is InChI=1S/C19H28F3N3O/c1-2-23-18(24-13-7-6-12-19(20,21)22)25-14-10-17(11-15-25)26-16-8-4-3-5-9-16/h3-5,8-9,17H,2,6-7,10-15H2,1H3,(H,23,24). The van der Waals surface area contributed by atoms with E-state index in [1.54, 1.807) is 0 Å². The van der Waals surface area contributed by atoms with Gasteiger partial charge in [-0.1, -0.05) is 18.2 Å². The van der Waals surface area contributed by atoms with Crippen LogP contribution >= 0.6 is 0 Å². The molecule has 0 unspecified atom stereocenters. The van der Waals surface area contributed by atoms with Crippen molar-refractivity contribution < 1.29 is 17.9 Å². The number of nitrogens with zero attached hydrogens (tertiary/aromatic N) is 2. The summed E-state index contributed by atoms with van der Waals surface area (Å²) in [6.07, 6.45) is -2.26. The van der Waals surface area contributed by atoms with Crippen LogP contribution in [0.25, 0.3) is 0 Å². The fourth-order valence-corrected chi connectivity index (χ4v) is 2.92. The SMILES string of the molecule is CCNC(=NCCCCC(F)(F)F)N1CCC(Oc2ccccc2)CC1. The van der Waals surface area contributed by atoms with E-state index in [2.05, 4.69) is 15.2 Å². The zero-order chi connectivity index (χ0) is 18.8. The number of para-hydroxylation sites is 1. The first-order valence-corrected chi connectivity index (χ1v) is 9.29. The van der Waals surface area contributed by atoms with Crippen molar-refractivity contribution in [1.82, 2.24) is 10.2 Å². The maximum absolute atomic E-state index is 12.2. The van der Waals surface area contributed by atoms with Crippen molar-refractivity contribution in [3.05, 3.63) is 30.3 Å². The number of rotatable bonds is 7. The summed E-state index contributed by atoms with van der Waals surface area (Å²) in [5.74, 6) is 1.67. The molecule has 1 aromatic carbocycles. The molecule has 1 aliphatic rings. The minimum absolute atomic E-state index is 0.124. The van der Waals surface area contributed by atoms with Crippen molar-refractivity contribution in [3.63, 3.8) is 0 Å². The van der Waals surface area contributed by atoms with E-state index in [0.717, 1.165) is 44.2 Å². The zero-order valence-corrected chi connectivity index (χ0v) is 15.3. The smallest absolute Gasteiger partial charge is 0.389 e. The average Bonchev–Trinajstić information content (AvgIpc) is 2.61. The van der Waals surface area contributed by atoms with Crippen molar-refractivity contribution >= 4 is 5.96 Å². The highest BCUT2D eigenvalue weighted by atomic mass is 19.4. The van der Waals surface area contributed by atoms with E-state index in [4.69, 9.17) is 4.74 Å². The lowest BCUT2D eigenvalue weighted by Crippen LogP contribution is -2.47. The van der Waals surface area contributed by atoms with Gasteiger partial charge in [0.05, 0.1) is 0 Å². The Morgan fingerprint density at radius 3 is 2.50 bits per heavy atom. The number of benzene rings is 1. The molecule has 0 radical (unpaired) electrons. The first kappa shape index (κ1) is 20.4. The third-order valence-corrected chi connectivity index (χ3v) is 4.25. The van der Waals surface area contributed by atoms with Gasteiger partial charge in [0.15, 0.2) is 5.96 Å². The van der Waals surface area contributed by atoms with Crippen molar-refractivity contribution in [3.8, 4) is 5.75 Å². The Morgan fingerprint density at radius 1 is 1.19 bits per heavy atom. The van der Waals surface area contributed by atoms with E-state index in [1.807, 2.05) is 37.3 Å². The number of piperidine rings is 1. The van der Waals surface area contributed by atoms with E-state index in [1.165, 1.54) is 0 Å². The molecular formula is C19H28F3N3O. The zero-order valence-electron chi connectivity index (χ0n) is 15.3. The molecule has 0 aliphatic carbocycles. The number of aliphatic imine (C=N–C) groups is 1. The van der Waals surface area contributed by atoms with Crippen LogP contribution in [-0.4, -0.2) is 49.3 Å². The molecule has 1 N–H and O–H groups in total. The monoisotopic (exact) mass is 371 g/mol. The van der Waals surface area contributed by atoms with Crippen LogP contribution in [-0.2, 0) is 0 Å². The molecule has 2 rings (SSSR count). The number of halogens is 3. The Balaban J connectivity index is 1.76. The van der Waals surface area contributed by atoms with Crippen LogP contribution < -0.4 is 10.1 Å².